The van der Waals surface area contributed by atoms with Crippen LogP contribution in [0.1, 0.15) is 127 Å². The minimum absolute atomic E-state index is 0.945. The molecule has 35 heavy (non-hydrogen) atoms. The minimum Gasteiger partial charge on any atom is -0.253 e. The largest absolute Gasteiger partial charge is 0.253 e. The average Bonchev–Trinajstić information content (AvgIpc) is 2.87. The Bertz CT molecular complexity index is 976. The number of nitrogens with zero attached hydrogens (tertiary/aromatic N) is 1. The SMILES string of the molecule is CCCCCCc1cc(C=C(C)C(CC)=Nc2cc(CC)cc(CCCC)c2)cc(CC)c1CC. The molecule has 0 atom stereocenters. The highest BCUT2D eigenvalue weighted by Gasteiger charge is 2.10. The number of benzene rings is 2. The summed E-state index contributed by atoms with van der Waals surface area (Å²) >= 11 is 0. The fourth-order valence-electron chi connectivity index (χ4n) is 5.11. The highest BCUT2D eigenvalue weighted by molar-refractivity contribution is 6.04. The molecular formula is C34H51N. The third-order valence-electron chi connectivity index (χ3n) is 7.19. The zero-order chi connectivity index (χ0) is 25.6. The molecule has 2 aromatic rings. The van der Waals surface area contributed by atoms with Gasteiger partial charge in [-0.3, -0.25) is 4.99 Å². The number of rotatable bonds is 15. The Hall–Kier alpha value is -2.15. The van der Waals surface area contributed by atoms with Crippen LogP contribution >= 0.6 is 0 Å². The van der Waals surface area contributed by atoms with Gasteiger partial charge in [0.1, 0.15) is 0 Å². The van der Waals surface area contributed by atoms with Gasteiger partial charge in [-0.15, -0.1) is 0 Å². The molecule has 0 saturated carbocycles. The third-order valence-corrected chi connectivity index (χ3v) is 7.19. The Morgan fingerprint density at radius 1 is 0.686 bits per heavy atom. The van der Waals surface area contributed by atoms with Crippen LogP contribution in [0.25, 0.3) is 6.08 Å². The smallest absolute Gasteiger partial charge is 0.0638 e. The number of unbranched alkanes of at least 4 members (excludes halogenated alkanes) is 4. The highest BCUT2D eigenvalue weighted by Crippen LogP contribution is 2.25. The van der Waals surface area contributed by atoms with Gasteiger partial charge in [-0.2, -0.15) is 0 Å². The van der Waals surface area contributed by atoms with E-state index in [-0.39, 0.29) is 0 Å². The second kappa shape index (κ2) is 15.8. The van der Waals surface area contributed by atoms with Crippen molar-refractivity contribution in [3.8, 4) is 0 Å². The molecule has 0 aromatic heterocycles. The van der Waals surface area contributed by atoms with Crippen molar-refractivity contribution in [1.29, 1.82) is 0 Å². The second-order valence-corrected chi connectivity index (χ2v) is 10.0. The van der Waals surface area contributed by atoms with Crippen molar-refractivity contribution in [2.45, 2.75) is 126 Å². The predicted octanol–water partition coefficient (Wildman–Crippen LogP) is 10.4. The van der Waals surface area contributed by atoms with Gasteiger partial charge in [0.05, 0.1) is 5.69 Å². The third kappa shape index (κ3) is 9.10. The lowest BCUT2D eigenvalue weighted by atomic mass is 9.90. The molecule has 2 aromatic carbocycles. The van der Waals surface area contributed by atoms with E-state index >= 15 is 0 Å². The molecule has 1 heteroatoms. The summed E-state index contributed by atoms with van der Waals surface area (Å²) in [6.07, 6.45) is 16.7. The summed E-state index contributed by atoms with van der Waals surface area (Å²) in [7, 11) is 0. The standard InChI is InChI=1S/C34H51N/c1-8-14-16-17-19-31-23-29(22-30(11-4)33(31)12-5)20-26(7)34(13-6)35-32-24-27(10-3)21-28(25-32)18-15-9-2/h20-25H,8-19H2,1-7H3. The Kier molecular flexibility index (Phi) is 13.1. The van der Waals surface area contributed by atoms with Crippen LogP contribution in [0.4, 0.5) is 5.69 Å². The maximum Gasteiger partial charge on any atom is 0.0638 e. The Balaban J connectivity index is 2.40. The van der Waals surface area contributed by atoms with E-state index in [0.717, 1.165) is 37.8 Å². The van der Waals surface area contributed by atoms with E-state index in [2.05, 4.69) is 84.9 Å². The molecule has 0 bridgehead atoms. The van der Waals surface area contributed by atoms with E-state index in [4.69, 9.17) is 4.99 Å². The molecule has 0 amide bonds. The summed E-state index contributed by atoms with van der Waals surface area (Å²) in [5, 5.41) is 0. The summed E-state index contributed by atoms with van der Waals surface area (Å²) in [6.45, 7) is 15.9. The highest BCUT2D eigenvalue weighted by atomic mass is 14.7. The fourth-order valence-corrected chi connectivity index (χ4v) is 5.11. The van der Waals surface area contributed by atoms with Crippen molar-refractivity contribution < 1.29 is 0 Å². The van der Waals surface area contributed by atoms with E-state index < -0.39 is 0 Å². The topological polar surface area (TPSA) is 12.4 Å². The molecule has 0 radical (unpaired) electrons. The number of hydrogen-bond donors (Lipinski definition) is 0. The van der Waals surface area contributed by atoms with Crippen LogP contribution in [0.2, 0.25) is 0 Å². The van der Waals surface area contributed by atoms with Crippen molar-refractivity contribution in [2.75, 3.05) is 0 Å². The zero-order valence-corrected chi connectivity index (χ0v) is 23.9. The number of allylic oxidation sites excluding steroid dienone is 1. The molecule has 2 rings (SSSR count). The maximum absolute atomic E-state index is 5.17. The lowest BCUT2D eigenvalue weighted by molar-refractivity contribution is 0.664. The van der Waals surface area contributed by atoms with Crippen LogP contribution in [-0.4, -0.2) is 5.71 Å². The number of aliphatic imine (C=N–C) groups is 1. The van der Waals surface area contributed by atoms with E-state index in [1.54, 1.807) is 11.1 Å². The molecule has 1 nitrogen and oxygen atoms in total. The van der Waals surface area contributed by atoms with Crippen LogP contribution in [-0.2, 0) is 32.1 Å². The number of hydrogen-bond acceptors (Lipinski definition) is 1. The summed E-state index contributed by atoms with van der Waals surface area (Å²) in [5.74, 6) is 0. The van der Waals surface area contributed by atoms with Crippen LogP contribution in [0.15, 0.2) is 40.9 Å². The van der Waals surface area contributed by atoms with E-state index in [0.29, 0.717) is 0 Å². The molecular weight excluding hydrogens is 422 g/mol. The molecule has 0 aliphatic carbocycles. The van der Waals surface area contributed by atoms with Gasteiger partial charge in [0.2, 0.25) is 0 Å². The van der Waals surface area contributed by atoms with Gasteiger partial charge in [-0.05, 0) is 109 Å². The Labute approximate surface area is 217 Å². The molecule has 192 valence electrons. The number of aryl methyl sites for hydroxylation is 4. The Morgan fingerprint density at radius 3 is 2.03 bits per heavy atom. The molecule has 0 unspecified atom stereocenters. The first-order valence-electron chi connectivity index (χ1n) is 14.5. The predicted molar refractivity (Wildman–Crippen MR) is 159 cm³/mol. The summed E-state index contributed by atoms with van der Waals surface area (Å²) in [6, 6.07) is 11.8. The Morgan fingerprint density at radius 2 is 1.40 bits per heavy atom. The van der Waals surface area contributed by atoms with Crippen LogP contribution in [0, 0.1) is 0 Å². The lowest BCUT2D eigenvalue weighted by Gasteiger charge is -2.15. The summed E-state index contributed by atoms with van der Waals surface area (Å²) in [5.41, 5.74) is 12.4. The first kappa shape index (κ1) is 29.1. The van der Waals surface area contributed by atoms with Gasteiger partial charge in [0.15, 0.2) is 0 Å². The van der Waals surface area contributed by atoms with Gasteiger partial charge >= 0.3 is 0 Å². The molecule has 0 N–H and O–H groups in total. The minimum atomic E-state index is 0.945. The molecule has 0 fully saturated rings. The van der Waals surface area contributed by atoms with Crippen LogP contribution < -0.4 is 0 Å². The van der Waals surface area contributed by atoms with Crippen molar-refractivity contribution in [1.82, 2.24) is 0 Å². The quantitative estimate of drug-likeness (QED) is 0.180. The summed E-state index contributed by atoms with van der Waals surface area (Å²) < 4.78 is 0. The second-order valence-electron chi connectivity index (χ2n) is 10.0. The molecule has 0 heterocycles. The van der Waals surface area contributed by atoms with E-state index in [1.807, 2.05) is 0 Å². The molecule has 0 spiro atoms. The lowest BCUT2D eigenvalue weighted by Crippen LogP contribution is -2.02. The summed E-state index contributed by atoms with van der Waals surface area (Å²) in [4.78, 5) is 5.17. The van der Waals surface area contributed by atoms with Crippen LogP contribution in [0.5, 0.6) is 0 Å². The van der Waals surface area contributed by atoms with Gasteiger partial charge < -0.3 is 0 Å². The van der Waals surface area contributed by atoms with Crippen molar-refractivity contribution in [3.63, 3.8) is 0 Å². The van der Waals surface area contributed by atoms with Crippen molar-refractivity contribution >= 4 is 17.5 Å². The van der Waals surface area contributed by atoms with Crippen LogP contribution in [0.3, 0.4) is 0 Å². The molecule has 0 aliphatic heterocycles. The maximum atomic E-state index is 5.17. The zero-order valence-electron chi connectivity index (χ0n) is 23.9. The van der Waals surface area contributed by atoms with Crippen molar-refractivity contribution in [2.24, 2.45) is 4.99 Å². The first-order chi connectivity index (χ1) is 17.0. The molecule has 0 aliphatic rings. The van der Waals surface area contributed by atoms with E-state index in [9.17, 15) is 0 Å². The monoisotopic (exact) mass is 473 g/mol. The molecule has 0 saturated heterocycles. The average molecular weight is 474 g/mol. The van der Waals surface area contributed by atoms with Gasteiger partial charge in [-0.1, -0.05) is 91.5 Å². The first-order valence-corrected chi connectivity index (χ1v) is 14.5. The van der Waals surface area contributed by atoms with E-state index in [1.165, 1.54) is 78.5 Å². The fraction of sp³-hybridized carbons (Fsp3) is 0.559. The van der Waals surface area contributed by atoms with Gasteiger partial charge in [0, 0.05) is 5.71 Å². The normalized spacial score (nSPS) is 12.4. The van der Waals surface area contributed by atoms with Gasteiger partial charge in [0.25, 0.3) is 0 Å². The van der Waals surface area contributed by atoms with Crippen molar-refractivity contribution in [3.05, 3.63) is 69.3 Å². The van der Waals surface area contributed by atoms with Gasteiger partial charge in [-0.25, -0.2) is 0 Å².